The van der Waals surface area contributed by atoms with Gasteiger partial charge in [0, 0.05) is 6.42 Å². The fourth-order valence-electron chi connectivity index (χ4n) is 1.39. The van der Waals surface area contributed by atoms with Crippen molar-refractivity contribution in [2.24, 2.45) is 5.10 Å². The molecule has 6 heteroatoms. The molecule has 2 aromatic rings. The van der Waals surface area contributed by atoms with Crippen molar-refractivity contribution >= 4 is 29.3 Å². The number of hydrogen-bond acceptors (Lipinski definition) is 5. The molecule has 0 aliphatic carbocycles. The molecular weight excluding hydrogens is 252 g/mol. The lowest BCUT2D eigenvalue weighted by Crippen LogP contribution is -1.98. The van der Waals surface area contributed by atoms with E-state index in [1.165, 1.54) is 10.4 Å². The van der Waals surface area contributed by atoms with Gasteiger partial charge in [-0.2, -0.15) is 9.78 Å². The largest absolute Gasteiger partial charge is 0.211 e. The van der Waals surface area contributed by atoms with E-state index in [9.17, 15) is 0 Å². The summed E-state index contributed by atoms with van der Waals surface area (Å²) in [4.78, 5) is 1.17. The summed E-state index contributed by atoms with van der Waals surface area (Å²) in [6, 6.07) is 2.09. The molecule has 0 bridgehead atoms. The third kappa shape index (κ3) is 2.58. The Hall–Kier alpha value is -1.14. The molecule has 0 aromatic carbocycles. The molecule has 4 nitrogen and oxygen atoms in total. The number of aryl methyl sites for hydroxylation is 2. The number of rotatable bonds is 4. The van der Waals surface area contributed by atoms with Crippen LogP contribution in [-0.2, 0) is 6.42 Å². The molecule has 0 saturated heterocycles. The third-order valence-corrected chi connectivity index (χ3v) is 3.94. The fraction of sp³-hybridized carbons (Fsp3) is 0.364. The van der Waals surface area contributed by atoms with E-state index in [0.29, 0.717) is 0 Å². The molecular formula is C11H14N4S2. The Balaban J connectivity index is 2.32. The van der Waals surface area contributed by atoms with Crippen LogP contribution in [0.15, 0.2) is 21.7 Å². The highest BCUT2D eigenvalue weighted by Gasteiger charge is 2.08. The van der Waals surface area contributed by atoms with E-state index < -0.39 is 0 Å². The summed E-state index contributed by atoms with van der Waals surface area (Å²) in [5.41, 5.74) is 1.25. The molecule has 0 aliphatic rings. The Morgan fingerprint density at radius 3 is 2.94 bits per heavy atom. The number of thioether (sulfide) groups is 1. The molecule has 0 aliphatic heterocycles. The van der Waals surface area contributed by atoms with Crippen LogP contribution in [0.4, 0.5) is 0 Å². The van der Waals surface area contributed by atoms with Crippen LogP contribution >= 0.6 is 23.1 Å². The monoisotopic (exact) mass is 266 g/mol. The number of aromatic nitrogens is 3. The SMILES string of the molecule is CCc1nnc(SC)n1/N=C\c1sccc1C. The standard InChI is InChI=1S/C11H14N4S2/c1-4-10-13-14-11(16-3)15(10)12-7-9-8(2)5-6-17-9/h5-7H,4H2,1-3H3/b12-7-. The Bertz CT molecular complexity index is 506. The maximum atomic E-state index is 4.47. The quantitative estimate of drug-likeness (QED) is 0.631. The summed E-state index contributed by atoms with van der Waals surface area (Å²) in [7, 11) is 0. The molecule has 2 rings (SSSR count). The zero-order valence-electron chi connectivity index (χ0n) is 10.0. The minimum atomic E-state index is 0.826. The molecule has 0 N–H and O–H groups in total. The Morgan fingerprint density at radius 1 is 1.53 bits per heavy atom. The van der Waals surface area contributed by atoms with Gasteiger partial charge in [0.15, 0.2) is 5.82 Å². The average Bonchev–Trinajstić information content (AvgIpc) is 2.92. The number of nitrogens with zero attached hydrogens (tertiary/aromatic N) is 4. The van der Waals surface area contributed by atoms with Crippen LogP contribution in [0.2, 0.25) is 0 Å². The van der Waals surface area contributed by atoms with Gasteiger partial charge < -0.3 is 0 Å². The van der Waals surface area contributed by atoms with E-state index in [2.05, 4.69) is 40.6 Å². The minimum absolute atomic E-state index is 0.826. The summed E-state index contributed by atoms with van der Waals surface area (Å²) < 4.78 is 1.81. The molecule has 0 spiro atoms. The zero-order valence-corrected chi connectivity index (χ0v) is 11.7. The van der Waals surface area contributed by atoms with Crippen molar-refractivity contribution in [2.75, 3.05) is 6.26 Å². The van der Waals surface area contributed by atoms with E-state index in [1.807, 2.05) is 17.1 Å². The molecule has 0 unspecified atom stereocenters. The molecule has 2 aromatic heterocycles. The number of hydrogen-bond donors (Lipinski definition) is 0. The van der Waals surface area contributed by atoms with Crippen LogP contribution in [0.5, 0.6) is 0 Å². The van der Waals surface area contributed by atoms with Gasteiger partial charge >= 0.3 is 0 Å². The highest BCUT2D eigenvalue weighted by molar-refractivity contribution is 7.98. The van der Waals surface area contributed by atoms with Crippen LogP contribution in [-0.4, -0.2) is 27.3 Å². The zero-order chi connectivity index (χ0) is 12.3. The first-order valence-corrected chi connectivity index (χ1v) is 7.43. The van der Waals surface area contributed by atoms with Crippen molar-refractivity contribution in [3.8, 4) is 0 Å². The fourth-order valence-corrected chi connectivity index (χ4v) is 2.61. The van der Waals surface area contributed by atoms with Crippen molar-refractivity contribution in [3.63, 3.8) is 0 Å². The van der Waals surface area contributed by atoms with Crippen LogP contribution in [0, 0.1) is 6.92 Å². The lowest BCUT2D eigenvalue weighted by molar-refractivity contribution is 0.723. The highest BCUT2D eigenvalue weighted by Crippen LogP contribution is 2.16. The highest BCUT2D eigenvalue weighted by atomic mass is 32.2. The second-order valence-electron chi connectivity index (χ2n) is 3.48. The van der Waals surface area contributed by atoms with E-state index in [-0.39, 0.29) is 0 Å². The summed E-state index contributed by atoms with van der Waals surface area (Å²) in [6.45, 7) is 4.14. The first-order chi connectivity index (χ1) is 8.26. The van der Waals surface area contributed by atoms with Gasteiger partial charge in [-0.3, -0.25) is 0 Å². The van der Waals surface area contributed by atoms with Crippen LogP contribution in [0.25, 0.3) is 0 Å². The van der Waals surface area contributed by atoms with Gasteiger partial charge in [0.1, 0.15) is 0 Å². The summed E-state index contributed by atoms with van der Waals surface area (Å²) in [6.07, 6.45) is 4.68. The molecule has 0 radical (unpaired) electrons. The van der Waals surface area contributed by atoms with Gasteiger partial charge in [-0.25, -0.2) is 0 Å². The predicted octanol–water partition coefficient (Wildman–Crippen LogP) is 2.81. The maximum absolute atomic E-state index is 4.47. The second-order valence-corrected chi connectivity index (χ2v) is 5.20. The van der Waals surface area contributed by atoms with Gasteiger partial charge in [-0.15, -0.1) is 21.5 Å². The van der Waals surface area contributed by atoms with Crippen molar-refractivity contribution in [3.05, 3.63) is 27.7 Å². The molecule has 0 saturated carbocycles. The molecule has 2 heterocycles. The van der Waals surface area contributed by atoms with E-state index in [1.54, 1.807) is 23.1 Å². The molecule has 0 atom stereocenters. The van der Waals surface area contributed by atoms with E-state index >= 15 is 0 Å². The first kappa shape index (κ1) is 12.3. The molecule has 0 amide bonds. The minimum Gasteiger partial charge on any atom is -0.191 e. The van der Waals surface area contributed by atoms with Gasteiger partial charge in [0.2, 0.25) is 5.16 Å². The topological polar surface area (TPSA) is 43.1 Å². The Labute approximate surface area is 109 Å². The summed E-state index contributed by atoms with van der Waals surface area (Å²) >= 11 is 3.24. The molecule has 17 heavy (non-hydrogen) atoms. The Kier molecular flexibility index (Phi) is 3.96. The van der Waals surface area contributed by atoms with Gasteiger partial charge in [-0.05, 0) is 30.2 Å². The van der Waals surface area contributed by atoms with Crippen LogP contribution < -0.4 is 0 Å². The maximum Gasteiger partial charge on any atom is 0.211 e. The second kappa shape index (κ2) is 5.46. The lowest BCUT2D eigenvalue weighted by Gasteiger charge is -1.99. The third-order valence-electron chi connectivity index (χ3n) is 2.37. The average molecular weight is 266 g/mol. The van der Waals surface area contributed by atoms with Crippen molar-refractivity contribution in [1.29, 1.82) is 0 Å². The summed E-state index contributed by atoms with van der Waals surface area (Å²) in [5.74, 6) is 0.889. The van der Waals surface area contributed by atoms with Gasteiger partial charge in [0.25, 0.3) is 0 Å². The Morgan fingerprint density at radius 2 is 2.35 bits per heavy atom. The van der Waals surface area contributed by atoms with Crippen LogP contribution in [0.3, 0.4) is 0 Å². The van der Waals surface area contributed by atoms with Crippen LogP contribution in [0.1, 0.15) is 23.2 Å². The lowest BCUT2D eigenvalue weighted by atomic mass is 10.3. The van der Waals surface area contributed by atoms with Gasteiger partial charge in [0.05, 0.1) is 11.1 Å². The van der Waals surface area contributed by atoms with E-state index in [0.717, 1.165) is 17.4 Å². The smallest absolute Gasteiger partial charge is 0.191 e. The van der Waals surface area contributed by atoms with E-state index in [4.69, 9.17) is 0 Å². The van der Waals surface area contributed by atoms with Gasteiger partial charge in [-0.1, -0.05) is 18.7 Å². The normalized spacial score (nSPS) is 11.5. The molecule has 90 valence electrons. The number of thiophene rings is 1. The summed E-state index contributed by atoms with van der Waals surface area (Å²) in [5, 5.41) is 15.6. The van der Waals surface area contributed by atoms with Crippen molar-refractivity contribution in [2.45, 2.75) is 25.4 Å². The van der Waals surface area contributed by atoms with Crippen molar-refractivity contribution < 1.29 is 0 Å². The first-order valence-electron chi connectivity index (χ1n) is 5.33. The predicted molar refractivity (Wildman–Crippen MR) is 73.2 cm³/mol. The molecule has 0 fully saturated rings. The van der Waals surface area contributed by atoms with Crippen molar-refractivity contribution in [1.82, 2.24) is 14.9 Å².